The lowest BCUT2D eigenvalue weighted by atomic mass is 9.62. The van der Waals surface area contributed by atoms with Gasteiger partial charge in [-0.15, -0.1) is 0 Å². The average molecular weight is 350 g/mol. The number of carbonyl (C=O) groups is 4. The largest absolute Gasteiger partial charge is 0.303 e. The second kappa shape index (κ2) is 13.0. The highest BCUT2D eigenvalue weighted by molar-refractivity contribution is 5.72. The van der Waals surface area contributed by atoms with Crippen LogP contribution in [0.4, 0.5) is 0 Å². The molecule has 0 heterocycles. The zero-order chi connectivity index (χ0) is 18.5. The summed E-state index contributed by atoms with van der Waals surface area (Å²) < 4.78 is 0. The topological polar surface area (TPSA) is 68.3 Å². The van der Waals surface area contributed by atoms with Crippen LogP contribution in [0.2, 0.25) is 0 Å². The fourth-order valence-corrected chi connectivity index (χ4v) is 4.29. The zero-order valence-electron chi connectivity index (χ0n) is 15.6. The van der Waals surface area contributed by atoms with Crippen molar-refractivity contribution in [3.8, 4) is 0 Å². The van der Waals surface area contributed by atoms with E-state index in [1.165, 1.54) is 44.9 Å². The molecule has 1 rings (SSSR count). The van der Waals surface area contributed by atoms with Crippen molar-refractivity contribution in [3.63, 3.8) is 0 Å². The van der Waals surface area contributed by atoms with E-state index in [1.54, 1.807) is 0 Å². The number of carbonyl (C=O) groups excluding carboxylic acids is 4. The van der Waals surface area contributed by atoms with E-state index in [0.29, 0.717) is 6.42 Å². The predicted molar refractivity (Wildman–Crippen MR) is 98.2 cm³/mol. The van der Waals surface area contributed by atoms with Crippen molar-refractivity contribution in [2.75, 3.05) is 0 Å². The highest BCUT2D eigenvalue weighted by Crippen LogP contribution is 2.41. The normalized spacial score (nSPS) is 29.1. The summed E-state index contributed by atoms with van der Waals surface area (Å²) in [7, 11) is 0. The summed E-state index contributed by atoms with van der Waals surface area (Å²) >= 11 is 0. The Balaban J connectivity index is 2.43. The molecule has 4 atom stereocenters. The van der Waals surface area contributed by atoms with E-state index < -0.39 is 23.7 Å². The molecule has 0 spiro atoms. The van der Waals surface area contributed by atoms with Crippen molar-refractivity contribution in [2.45, 2.75) is 77.6 Å². The maximum atomic E-state index is 11.5. The number of unbranched alkanes of at least 4 members (excludes halogenated alkanes) is 8. The Morgan fingerprint density at radius 1 is 0.640 bits per heavy atom. The number of hydrogen-bond donors (Lipinski definition) is 0. The van der Waals surface area contributed by atoms with Crippen molar-refractivity contribution in [3.05, 3.63) is 0 Å². The van der Waals surface area contributed by atoms with Crippen LogP contribution in [-0.2, 0) is 19.2 Å². The van der Waals surface area contributed by atoms with Crippen molar-refractivity contribution in [1.82, 2.24) is 0 Å². The lowest BCUT2D eigenvalue weighted by Gasteiger charge is -2.39. The Morgan fingerprint density at radius 2 is 1.08 bits per heavy atom. The Bertz CT molecular complexity index is 381. The maximum Gasteiger partial charge on any atom is 0.124 e. The Hall–Kier alpha value is -1.32. The summed E-state index contributed by atoms with van der Waals surface area (Å²) in [4.78, 5) is 45.6. The number of rotatable bonds is 14. The highest BCUT2D eigenvalue weighted by atomic mass is 16.1. The minimum absolute atomic E-state index is 0.168. The van der Waals surface area contributed by atoms with Gasteiger partial charge < -0.3 is 19.2 Å². The SMILES string of the molecule is CCCCCCCCCCCC1C(C=O)C(C=O)CC(C=O)C1C=O. The summed E-state index contributed by atoms with van der Waals surface area (Å²) in [5, 5.41) is 0. The van der Waals surface area contributed by atoms with Crippen molar-refractivity contribution in [2.24, 2.45) is 29.6 Å². The average Bonchev–Trinajstić information content (AvgIpc) is 2.65. The van der Waals surface area contributed by atoms with Crippen LogP contribution in [0.15, 0.2) is 0 Å². The molecule has 0 saturated heterocycles. The smallest absolute Gasteiger partial charge is 0.124 e. The van der Waals surface area contributed by atoms with Crippen LogP contribution in [0.3, 0.4) is 0 Å². The molecule has 0 amide bonds. The zero-order valence-corrected chi connectivity index (χ0v) is 15.6. The quantitative estimate of drug-likeness (QED) is 0.348. The van der Waals surface area contributed by atoms with E-state index in [0.717, 1.165) is 44.4 Å². The molecule has 4 nitrogen and oxygen atoms in total. The van der Waals surface area contributed by atoms with Crippen LogP contribution in [0, 0.1) is 29.6 Å². The first-order valence-corrected chi connectivity index (χ1v) is 10.0. The molecule has 0 radical (unpaired) electrons. The van der Waals surface area contributed by atoms with E-state index in [9.17, 15) is 19.2 Å². The molecular formula is C21H34O4. The van der Waals surface area contributed by atoms with Crippen LogP contribution < -0.4 is 0 Å². The van der Waals surface area contributed by atoms with Crippen molar-refractivity contribution in [1.29, 1.82) is 0 Å². The minimum atomic E-state index is -0.424. The van der Waals surface area contributed by atoms with E-state index >= 15 is 0 Å². The Labute approximate surface area is 152 Å². The van der Waals surface area contributed by atoms with E-state index in [2.05, 4.69) is 6.92 Å². The van der Waals surface area contributed by atoms with E-state index in [4.69, 9.17) is 0 Å². The third-order valence-electron chi connectivity index (χ3n) is 5.83. The van der Waals surface area contributed by atoms with E-state index in [1.807, 2.05) is 0 Å². The third kappa shape index (κ3) is 6.83. The fourth-order valence-electron chi connectivity index (χ4n) is 4.29. The van der Waals surface area contributed by atoms with Crippen LogP contribution in [0.5, 0.6) is 0 Å². The molecule has 0 aromatic heterocycles. The van der Waals surface area contributed by atoms with Gasteiger partial charge in [0.25, 0.3) is 0 Å². The summed E-state index contributed by atoms with van der Waals surface area (Å²) in [6.45, 7) is 2.22. The summed E-state index contributed by atoms with van der Waals surface area (Å²) in [5.41, 5.74) is 0. The molecule has 0 aliphatic heterocycles. The lowest BCUT2D eigenvalue weighted by Crippen LogP contribution is -2.43. The predicted octanol–water partition coefficient (Wildman–Crippen LogP) is 4.19. The van der Waals surface area contributed by atoms with Gasteiger partial charge in [-0.1, -0.05) is 64.7 Å². The molecule has 1 saturated carbocycles. The third-order valence-corrected chi connectivity index (χ3v) is 5.83. The van der Waals surface area contributed by atoms with Crippen molar-refractivity contribution < 1.29 is 19.2 Å². The minimum Gasteiger partial charge on any atom is -0.303 e. The maximum absolute atomic E-state index is 11.5. The van der Waals surface area contributed by atoms with Crippen LogP contribution in [0.1, 0.15) is 77.6 Å². The summed E-state index contributed by atoms with van der Waals surface area (Å²) in [6, 6.07) is 0. The molecule has 0 aromatic rings. The van der Waals surface area contributed by atoms with Gasteiger partial charge in [0.05, 0.1) is 0 Å². The molecule has 25 heavy (non-hydrogen) atoms. The molecule has 4 heteroatoms. The van der Waals surface area contributed by atoms with Crippen molar-refractivity contribution >= 4 is 25.1 Å². The molecular weight excluding hydrogens is 316 g/mol. The van der Waals surface area contributed by atoms with Gasteiger partial charge in [-0.25, -0.2) is 0 Å². The van der Waals surface area contributed by atoms with Gasteiger partial charge in [-0.2, -0.15) is 0 Å². The van der Waals surface area contributed by atoms with Gasteiger partial charge >= 0.3 is 0 Å². The molecule has 0 bridgehead atoms. The summed E-state index contributed by atoms with van der Waals surface area (Å²) in [6.07, 6.45) is 15.2. The van der Waals surface area contributed by atoms with Crippen LogP contribution >= 0.6 is 0 Å². The van der Waals surface area contributed by atoms with Crippen LogP contribution in [0.25, 0.3) is 0 Å². The molecule has 0 N–H and O–H groups in total. The first-order chi connectivity index (χ1) is 12.2. The molecule has 4 unspecified atom stereocenters. The van der Waals surface area contributed by atoms with Gasteiger partial charge in [-0.3, -0.25) is 0 Å². The van der Waals surface area contributed by atoms with Gasteiger partial charge in [0, 0.05) is 23.7 Å². The standard InChI is InChI=1S/C21H34O4/c1-2-3-4-5-6-7-8-9-10-11-19-20(15-24)17(13-22)12-18(14-23)21(19)16-25/h13-21H,2-12H2,1H3. The molecule has 0 aromatic carbocycles. The monoisotopic (exact) mass is 350 g/mol. The van der Waals surface area contributed by atoms with Crippen LogP contribution in [-0.4, -0.2) is 25.1 Å². The summed E-state index contributed by atoms with van der Waals surface area (Å²) in [5.74, 6) is -1.85. The molecule has 1 aliphatic rings. The first kappa shape index (κ1) is 21.7. The van der Waals surface area contributed by atoms with Gasteiger partial charge in [0.1, 0.15) is 25.1 Å². The lowest BCUT2D eigenvalue weighted by molar-refractivity contribution is -0.134. The highest BCUT2D eigenvalue weighted by Gasteiger charge is 2.44. The number of hydrogen-bond acceptors (Lipinski definition) is 4. The van der Waals surface area contributed by atoms with Gasteiger partial charge in [-0.05, 0) is 18.8 Å². The van der Waals surface area contributed by atoms with Gasteiger partial charge in [0.15, 0.2) is 0 Å². The first-order valence-electron chi connectivity index (χ1n) is 10.0. The van der Waals surface area contributed by atoms with E-state index in [-0.39, 0.29) is 5.92 Å². The Morgan fingerprint density at radius 3 is 1.48 bits per heavy atom. The molecule has 1 fully saturated rings. The molecule has 1 aliphatic carbocycles. The molecule has 142 valence electrons. The fraction of sp³-hybridized carbons (Fsp3) is 0.810. The van der Waals surface area contributed by atoms with Gasteiger partial charge in [0.2, 0.25) is 0 Å². The number of aldehydes is 4. The second-order valence-electron chi connectivity index (χ2n) is 7.54. The Kier molecular flexibility index (Phi) is 11.3. The second-order valence-corrected chi connectivity index (χ2v) is 7.54.